The van der Waals surface area contributed by atoms with Crippen LogP contribution < -0.4 is 5.73 Å². The van der Waals surface area contributed by atoms with Crippen LogP contribution >= 0.6 is 0 Å². The zero-order valence-electron chi connectivity index (χ0n) is 13.1. The molecule has 0 spiro atoms. The molecule has 3 nitrogen and oxygen atoms in total. The van der Waals surface area contributed by atoms with Crippen molar-refractivity contribution >= 4 is 5.82 Å². The monoisotopic (exact) mass is 339 g/mol. The van der Waals surface area contributed by atoms with Gasteiger partial charge in [0.15, 0.2) is 11.6 Å². The van der Waals surface area contributed by atoms with E-state index in [1.807, 2.05) is 6.07 Å². The zero-order valence-corrected chi connectivity index (χ0v) is 13.1. The number of nitrogen functional groups attached to an aromatic ring is 1. The lowest BCUT2D eigenvalue weighted by Gasteiger charge is -2.15. The number of anilines is 1. The largest absolute Gasteiger partial charge is 0.383 e. The molecule has 0 fully saturated rings. The number of hydrogen-bond acceptors (Lipinski definition) is 3. The second kappa shape index (κ2) is 6.29. The van der Waals surface area contributed by atoms with E-state index in [1.54, 1.807) is 6.92 Å². The van der Waals surface area contributed by atoms with Gasteiger partial charge in [-0.3, -0.25) is 0 Å². The van der Waals surface area contributed by atoms with Crippen LogP contribution in [0.2, 0.25) is 0 Å². The van der Waals surface area contributed by atoms with Crippen molar-refractivity contribution in [3.05, 3.63) is 71.0 Å². The molecule has 0 aliphatic carbocycles. The lowest BCUT2D eigenvalue weighted by Crippen LogP contribution is -2.03. The van der Waals surface area contributed by atoms with Gasteiger partial charge in [0.1, 0.15) is 23.3 Å². The first kappa shape index (κ1) is 16.5. The van der Waals surface area contributed by atoms with Crippen molar-refractivity contribution in [1.82, 2.24) is 4.98 Å². The van der Waals surface area contributed by atoms with Crippen LogP contribution in [0.5, 0.6) is 0 Å². The molecule has 1 heterocycles. The first-order chi connectivity index (χ1) is 11.9. The molecule has 0 atom stereocenters. The van der Waals surface area contributed by atoms with E-state index in [9.17, 15) is 18.4 Å². The minimum Gasteiger partial charge on any atom is -0.383 e. The maximum absolute atomic E-state index is 13.7. The summed E-state index contributed by atoms with van der Waals surface area (Å²) >= 11 is 0. The molecular weight excluding hydrogens is 327 g/mol. The summed E-state index contributed by atoms with van der Waals surface area (Å²) in [4.78, 5) is 4.23. The highest BCUT2D eigenvalue weighted by Crippen LogP contribution is 2.36. The van der Waals surface area contributed by atoms with Crippen LogP contribution in [0.3, 0.4) is 0 Å². The van der Waals surface area contributed by atoms with Gasteiger partial charge < -0.3 is 5.73 Å². The van der Waals surface area contributed by atoms with Gasteiger partial charge in [-0.1, -0.05) is 6.07 Å². The Morgan fingerprint density at radius 3 is 2.20 bits per heavy atom. The molecule has 6 heteroatoms. The first-order valence-electron chi connectivity index (χ1n) is 7.34. The molecule has 124 valence electrons. The fourth-order valence-electron chi connectivity index (χ4n) is 2.71. The minimum absolute atomic E-state index is 0.0350. The number of rotatable bonds is 2. The van der Waals surface area contributed by atoms with Crippen molar-refractivity contribution in [1.29, 1.82) is 5.26 Å². The molecule has 1 aromatic heterocycles. The number of pyridine rings is 1. The number of aromatic nitrogens is 1. The number of nitrogens with zero attached hydrogens (tertiary/aromatic N) is 2. The van der Waals surface area contributed by atoms with Gasteiger partial charge in [-0.2, -0.15) is 5.26 Å². The van der Waals surface area contributed by atoms with Crippen molar-refractivity contribution in [3.63, 3.8) is 0 Å². The van der Waals surface area contributed by atoms with E-state index < -0.39 is 17.5 Å². The lowest BCUT2D eigenvalue weighted by molar-refractivity contribution is 0.509. The van der Waals surface area contributed by atoms with Crippen LogP contribution in [0.15, 0.2) is 42.5 Å². The predicted octanol–water partition coefficient (Wildman–Crippen LogP) is 4.60. The molecule has 3 rings (SSSR count). The molecule has 0 aliphatic heterocycles. The van der Waals surface area contributed by atoms with E-state index in [0.29, 0.717) is 27.9 Å². The molecular formula is C19H12F3N3. The van der Waals surface area contributed by atoms with E-state index in [0.717, 1.165) is 12.1 Å². The van der Waals surface area contributed by atoms with Crippen LogP contribution in [0.25, 0.3) is 22.4 Å². The van der Waals surface area contributed by atoms with Crippen molar-refractivity contribution in [3.8, 4) is 28.5 Å². The van der Waals surface area contributed by atoms with Crippen LogP contribution in [0.4, 0.5) is 19.0 Å². The topological polar surface area (TPSA) is 62.7 Å². The second-order valence-electron chi connectivity index (χ2n) is 5.47. The van der Waals surface area contributed by atoms with Gasteiger partial charge >= 0.3 is 0 Å². The second-order valence-corrected chi connectivity index (χ2v) is 5.47. The molecule has 25 heavy (non-hydrogen) atoms. The van der Waals surface area contributed by atoms with E-state index in [4.69, 9.17) is 5.73 Å². The van der Waals surface area contributed by atoms with Gasteiger partial charge in [-0.05, 0) is 54.4 Å². The third-order valence-corrected chi connectivity index (χ3v) is 3.91. The molecule has 0 bridgehead atoms. The Morgan fingerprint density at radius 2 is 1.60 bits per heavy atom. The van der Waals surface area contributed by atoms with E-state index >= 15 is 0 Å². The fraction of sp³-hybridized carbons (Fsp3) is 0.0526. The van der Waals surface area contributed by atoms with Crippen molar-refractivity contribution in [2.24, 2.45) is 0 Å². The van der Waals surface area contributed by atoms with Gasteiger partial charge in [0.2, 0.25) is 0 Å². The predicted molar refractivity (Wildman–Crippen MR) is 88.8 cm³/mol. The Labute approximate surface area is 142 Å². The van der Waals surface area contributed by atoms with Gasteiger partial charge in [-0.25, -0.2) is 18.2 Å². The van der Waals surface area contributed by atoms with Crippen molar-refractivity contribution in [2.45, 2.75) is 6.92 Å². The Balaban J connectivity index is 2.31. The fourth-order valence-corrected chi connectivity index (χ4v) is 2.71. The summed E-state index contributed by atoms with van der Waals surface area (Å²) < 4.78 is 40.1. The normalized spacial score (nSPS) is 10.5. The Morgan fingerprint density at radius 1 is 0.960 bits per heavy atom. The number of nitriles is 1. The van der Waals surface area contributed by atoms with Crippen molar-refractivity contribution < 1.29 is 13.2 Å². The summed E-state index contributed by atoms with van der Waals surface area (Å²) in [5, 5.41) is 9.42. The third kappa shape index (κ3) is 2.92. The van der Waals surface area contributed by atoms with Crippen LogP contribution in [0.1, 0.15) is 11.1 Å². The number of halogens is 3. The third-order valence-electron chi connectivity index (χ3n) is 3.91. The van der Waals surface area contributed by atoms with Crippen LogP contribution in [-0.2, 0) is 0 Å². The zero-order chi connectivity index (χ0) is 18.1. The van der Waals surface area contributed by atoms with Crippen molar-refractivity contribution in [2.75, 3.05) is 5.73 Å². The van der Waals surface area contributed by atoms with Gasteiger partial charge in [0.05, 0.1) is 5.69 Å². The van der Waals surface area contributed by atoms with Crippen LogP contribution in [0, 0.1) is 35.7 Å². The molecule has 3 aromatic rings. The highest BCUT2D eigenvalue weighted by atomic mass is 19.2. The SMILES string of the molecule is Cc1c(-c2ccc(F)cc2)nc(N)c(C#N)c1-c1ccc(F)c(F)c1. The summed E-state index contributed by atoms with van der Waals surface area (Å²) in [6.45, 7) is 1.70. The molecule has 0 unspecified atom stereocenters. The standard InChI is InChI=1S/C19H12F3N3/c1-10-17(12-4-7-15(21)16(22)8-12)14(9-23)19(24)25-18(10)11-2-5-13(20)6-3-11/h2-8H,1H3,(H2,24,25). The Kier molecular flexibility index (Phi) is 4.15. The molecule has 0 amide bonds. The Bertz CT molecular complexity index is 1010. The maximum atomic E-state index is 13.7. The first-order valence-corrected chi connectivity index (χ1v) is 7.34. The number of benzene rings is 2. The maximum Gasteiger partial charge on any atom is 0.159 e. The average Bonchev–Trinajstić information content (AvgIpc) is 2.59. The lowest BCUT2D eigenvalue weighted by atomic mass is 9.92. The highest BCUT2D eigenvalue weighted by Gasteiger charge is 2.19. The summed E-state index contributed by atoms with van der Waals surface area (Å²) in [5.41, 5.74) is 8.25. The highest BCUT2D eigenvalue weighted by molar-refractivity contribution is 5.84. The summed E-state index contributed by atoms with van der Waals surface area (Å²) in [7, 11) is 0. The molecule has 2 N–H and O–H groups in total. The number of hydrogen-bond donors (Lipinski definition) is 1. The average molecular weight is 339 g/mol. The quantitative estimate of drug-likeness (QED) is 0.742. The van der Waals surface area contributed by atoms with Gasteiger partial charge in [0.25, 0.3) is 0 Å². The van der Waals surface area contributed by atoms with E-state index in [-0.39, 0.29) is 11.4 Å². The van der Waals surface area contributed by atoms with Gasteiger partial charge in [-0.15, -0.1) is 0 Å². The van der Waals surface area contributed by atoms with E-state index in [2.05, 4.69) is 4.98 Å². The molecule has 0 saturated carbocycles. The molecule has 0 radical (unpaired) electrons. The smallest absolute Gasteiger partial charge is 0.159 e. The van der Waals surface area contributed by atoms with E-state index in [1.165, 1.54) is 30.3 Å². The van der Waals surface area contributed by atoms with Gasteiger partial charge in [0, 0.05) is 11.1 Å². The Hall–Kier alpha value is -3.33. The van der Waals surface area contributed by atoms with Crippen LogP contribution in [-0.4, -0.2) is 4.98 Å². The minimum atomic E-state index is -1.03. The molecule has 0 aliphatic rings. The molecule has 2 aromatic carbocycles. The summed E-state index contributed by atoms with van der Waals surface area (Å²) in [6.07, 6.45) is 0. The summed E-state index contributed by atoms with van der Waals surface area (Å²) in [6, 6.07) is 10.9. The number of nitrogens with two attached hydrogens (primary N) is 1. The molecule has 0 saturated heterocycles. The summed E-state index contributed by atoms with van der Waals surface area (Å²) in [5.74, 6) is -2.45.